The van der Waals surface area contributed by atoms with Crippen molar-refractivity contribution in [1.29, 1.82) is 0 Å². The van der Waals surface area contributed by atoms with Gasteiger partial charge in [0, 0.05) is 15.1 Å². The highest BCUT2D eigenvalue weighted by Gasteiger charge is 2.15. The minimum Gasteiger partial charge on any atom is -0.311 e. The monoisotopic (exact) mass is 396 g/mol. The van der Waals surface area contributed by atoms with Gasteiger partial charge >= 0.3 is 0 Å². The highest BCUT2D eigenvalue weighted by molar-refractivity contribution is 9.11. The average molecular weight is 398 g/mol. The van der Waals surface area contributed by atoms with Crippen LogP contribution < -0.4 is 5.32 Å². The quantitative estimate of drug-likeness (QED) is 0.806. The number of nitrogens with zero attached hydrogens (tertiary/aromatic N) is 1. The van der Waals surface area contributed by atoms with Crippen molar-refractivity contribution >= 4 is 31.9 Å². The van der Waals surface area contributed by atoms with Gasteiger partial charge in [-0.2, -0.15) is 0 Å². The van der Waals surface area contributed by atoms with Gasteiger partial charge in [0.25, 0.3) is 0 Å². The molecule has 0 saturated carbocycles. The van der Waals surface area contributed by atoms with Crippen LogP contribution >= 0.6 is 31.9 Å². The van der Waals surface area contributed by atoms with Crippen molar-refractivity contribution < 1.29 is 0 Å². The Labute approximate surface area is 137 Å². The first-order valence-corrected chi connectivity index (χ1v) is 8.13. The van der Waals surface area contributed by atoms with Gasteiger partial charge in [-0.3, -0.25) is 4.98 Å². The molecule has 0 spiro atoms. The Balaban J connectivity index is 2.28. The van der Waals surface area contributed by atoms with E-state index in [4.69, 9.17) is 0 Å². The summed E-state index contributed by atoms with van der Waals surface area (Å²) >= 11 is 7.04. The number of nitrogens with one attached hydrogen (secondary N) is 1. The molecule has 2 rings (SSSR count). The number of likely N-dealkylation sites (N-methyl/N-ethyl adjacent to an activating group) is 1. The number of benzene rings is 1. The molecule has 0 bridgehead atoms. The molecule has 0 fully saturated rings. The zero-order valence-electron chi connectivity index (χ0n) is 11.9. The maximum Gasteiger partial charge on any atom is 0.0719 e. The van der Waals surface area contributed by atoms with Crippen molar-refractivity contribution in [3.05, 3.63) is 61.8 Å². The summed E-state index contributed by atoms with van der Waals surface area (Å²) in [7, 11) is 1.98. The van der Waals surface area contributed by atoms with Gasteiger partial charge in [-0.1, -0.05) is 29.3 Å². The molecule has 0 aliphatic rings. The molecule has 0 aliphatic heterocycles. The molecule has 20 heavy (non-hydrogen) atoms. The zero-order valence-corrected chi connectivity index (χ0v) is 15.0. The number of halogens is 2. The summed E-state index contributed by atoms with van der Waals surface area (Å²) in [5.74, 6) is 0. The normalized spacial score (nSPS) is 12.4. The van der Waals surface area contributed by atoms with Crippen LogP contribution in [-0.4, -0.2) is 12.0 Å². The molecule has 0 radical (unpaired) electrons. The van der Waals surface area contributed by atoms with Crippen LogP contribution in [0.4, 0.5) is 0 Å². The second-order valence-electron chi connectivity index (χ2n) is 5.06. The lowest BCUT2D eigenvalue weighted by atomic mass is 9.99. The Bertz CT molecular complexity index is 591. The number of hydrogen-bond acceptors (Lipinski definition) is 2. The highest BCUT2D eigenvalue weighted by Crippen LogP contribution is 2.27. The molecule has 1 heterocycles. The SMILES string of the molecule is CNC(Cc1cc(C)cc(C)c1)c1ncc(Br)cc1Br. The summed E-state index contributed by atoms with van der Waals surface area (Å²) in [5.41, 5.74) is 4.98. The fourth-order valence-electron chi connectivity index (χ4n) is 2.44. The third kappa shape index (κ3) is 3.90. The van der Waals surface area contributed by atoms with Crippen molar-refractivity contribution in [2.24, 2.45) is 0 Å². The Morgan fingerprint density at radius 1 is 1.10 bits per heavy atom. The van der Waals surface area contributed by atoms with E-state index in [1.54, 1.807) is 0 Å². The first-order valence-electron chi connectivity index (χ1n) is 6.55. The highest BCUT2D eigenvalue weighted by atomic mass is 79.9. The van der Waals surface area contributed by atoms with Crippen LogP contribution in [0, 0.1) is 13.8 Å². The van der Waals surface area contributed by atoms with Gasteiger partial charge in [0.15, 0.2) is 0 Å². The first-order chi connectivity index (χ1) is 9.49. The summed E-state index contributed by atoms with van der Waals surface area (Å²) in [6.07, 6.45) is 2.76. The second kappa shape index (κ2) is 6.83. The number of aromatic nitrogens is 1. The van der Waals surface area contributed by atoms with Crippen LogP contribution in [0.25, 0.3) is 0 Å². The van der Waals surface area contributed by atoms with Crippen molar-refractivity contribution in [2.75, 3.05) is 7.05 Å². The number of rotatable bonds is 4. The van der Waals surface area contributed by atoms with Crippen molar-refractivity contribution in [2.45, 2.75) is 26.3 Å². The lowest BCUT2D eigenvalue weighted by Gasteiger charge is -2.18. The van der Waals surface area contributed by atoms with Crippen molar-refractivity contribution in [3.63, 3.8) is 0 Å². The van der Waals surface area contributed by atoms with Gasteiger partial charge < -0.3 is 5.32 Å². The topological polar surface area (TPSA) is 24.9 Å². The van der Waals surface area contributed by atoms with E-state index in [9.17, 15) is 0 Å². The van der Waals surface area contributed by atoms with Crippen molar-refractivity contribution in [1.82, 2.24) is 10.3 Å². The summed E-state index contributed by atoms with van der Waals surface area (Å²) in [6, 6.07) is 8.91. The lowest BCUT2D eigenvalue weighted by Crippen LogP contribution is -2.20. The van der Waals surface area contributed by atoms with Gasteiger partial charge in [-0.05, 0) is 70.8 Å². The molecule has 1 atom stereocenters. The second-order valence-corrected chi connectivity index (χ2v) is 6.83. The Morgan fingerprint density at radius 3 is 2.30 bits per heavy atom. The van der Waals surface area contributed by atoms with Crippen LogP contribution in [0.15, 0.2) is 39.4 Å². The van der Waals surface area contributed by atoms with E-state index in [1.165, 1.54) is 16.7 Å². The molecule has 0 aliphatic carbocycles. The summed E-state index contributed by atoms with van der Waals surface area (Å²) < 4.78 is 2.00. The molecule has 0 saturated heterocycles. The Morgan fingerprint density at radius 2 is 1.75 bits per heavy atom. The molecule has 4 heteroatoms. The van der Waals surface area contributed by atoms with E-state index in [-0.39, 0.29) is 6.04 Å². The fourth-order valence-corrected chi connectivity index (χ4v) is 3.70. The third-order valence-electron chi connectivity index (χ3n) is 3.24. The summed E-state index contributed by atoms with van der Waals surface area (Å²) in [6.45, 7) is 4.28. The van der Waals surface area contributed by atoms with E-state index >= 15 is 0 Å². The van der Waals surface area contributed by atoms with E-state index in [2.05, 4.69) is 74.2 Å². The number of aryl methyl sites for hydroxylation is 2. The smallest absolute Gasteiger partial charge is 0.0719 e. The van der Waals surface area contributed by atoms with Crippen LogP contribution in [0.5, 0.6) is 0 Å². The maximum atomic E-state index is 4.53. The molecule has 1 N–H and O–H groups in total. The Kier molecular flexibility index (Phi) is 5.35. The lowest BCUT2D eigenvalue weighted by molar-refractivity contribution is 0.572. The van der Waals surface area contributed by atoms with Crippen LogP contribution in [-0.2, 0) is 6.42 Å². The molecule has 1 aromatic heterocycles. The van der Waals surface area contributed by atoms with Crippen LogP contribution in [0.3, 0.4) is 0 Å². The zero-order chi connectivity index (χ0) is 14.7. The number of hydrogen-bond donors (Lipinski definition) is 1. The van der Waals surface area contributed by atoms with Gasteiger partial charge in [0.2, 0.25) is 0 Å². The average Bonchev–Trinajstić information content (AvgIpc) is 2.35. The molecule has 1 aromatic carbocycles. The van der Waals surface area contributed by atoms with Gasteiger partial charge in [-0.25, -0.2) is 0 Å². The maximum absolute atomic E-state index is 4.53. The van der Waals surface area contributed by atoms with Gasteiger partial charge in [0.1, 0.15) is 0 Å². The minimum absolute atomic E-state index is 0.193. The molecule has 2 nitrogen and oxygen atoms in total. The third-order valence-corrected chi connectivity index (χ3v) is 4.30. The molecule has 106 valence electrons. The van der Waals surface area contributed by atoms with E-state index in [0.717, 1.165) is 21.1 Å². The predicted molar refractivity (Wildman–Crippen MR) is 91.1 cm³/mol. The van der Waals surface area contributed by atoms with Gasteiger partial charge in [-0.15, -0.1) is 0 Å². The van der Waals surface area contributed by atoms with Crippen molar-refractivity contribution in [3.8, 4) is 0 Å². The standard InChI is InChI=1S/C16H18Br2N2/c1-10-4-11(2)6-12(5-10)7-15(19-3)16-14(18)8-13(17)9-20-16/h4-6,8-9,15,19H,7H2,1-3H3. The molecular formula is C16H18Br2N2. The summed E-state index contributed by atoms with van der Waals surface area (Å²) in [5, 5.41) is 3.36. The molecule has 2 aromatic rings. The molecular weight excluding hydrogens is 380 g/mol. The fraction of sp³-hybridized carbons (Fsp3) is 0.312. The first kappa shape index (κ1) is 15.7. The molecule has 1 unspecified atom stereocenters. The minimum atomic E-state index is 0.193. The summed E-state index contributed by atoms with van der Waals surface area (Å²) in [4.78, 5) is 4.53. The van der Waals surface area contributed by atoms with E-state index in [0.29, 0.717) is 0 Å². The largest absolute Gasteiger partial charge is 0.311 e. The predicted octanol–water partition coefficient (Wildman–Crippen LogP) is 4.73. The van der Waals surface area contributed by atoms with Crippen LogP contribution in [0.1, 0.15) is 28.4 Å². The van der Waals surface area contributed by atoms with Gasteiger partial charge in [0.05, 0.1) is 11.7 Å². The van der Waals surface area contributed by atoms with Crippen LogP contribution in [0.2, 0.25) is 0 Å². The van der Waals surface area contributed by atoms with E-state index in [1.807, 2.05) is 19.3 Å². The Hall–Kier alpha value is -0.710. The molecule has 0 amide bonds. The van der Waals surface area contributed by atoms with E-state index < -0.39 is 0 Å². The number of pyridine rings is 1.